The smallest absolute Gasteiger partial charge is 0.464 e. The van der Waals surface area contributed by atoms with Crippen LogP contribution in [-0.2, 0) is 41.8 Å². The van der Waals surface area contributed by atoms with E-state index in [0.29, 0.717) is 43.2 Å². The largest absolute Gasteiger partial charge is 0.519 e. The molecule has 0 radical (unpaired) electrons. The van der Waals surface area contributed by atoms with Crippen molar-refractivity contribution in [1.29, 1.82) is 0 Å². The van der Waals surface area contributed by atoms with E-state index < -0.39 is 44.9 Å². The Balaban J connectivity index is 1.53. The number of ether oxygens (including phenoxy) is 4. The minimum atomic E-state index is -1.43. The summed E-state index contributed by atoms with van der Waals surface area (Å²) in [6, 6.07) is -1.28. The average Bonchev–Trinajstić information content (AvgIpc) is 3.49. The number of hydrogen-bond acceptors (Lipinski definition) is 17. The minimum absolute atomic E-state index is 0.0259. The fraction of sp³-hybridized carbons (Fsp3) is 0.630. The third kappa shape index (κ3) is 12.1. The number of morpholine rings is 1. The third-order valence-electron chi connectivity index (χ3n) is 6.37. The van der Waals surface area contributed by atoms with E-state index in [1.807, 2.05) is 0 Å². The number of nitrogens with one attached hydrogen (secondary N) is 1. The molecule has 0 bridgehead atoms. The van der Waals surface area contributed by atoms with Crippen molar-refractivity contribution in [1.82, 2.24) is 10.2 Å². The monoisotopic (exact) mass is 676 g/mol. The van der Waals surface area contributed by atoms with Crippen molar-refractivity contribution < 1.29 is 55.8 Å². The van der Waals surface area contributed by atoms with E-state index in [1.54, 1.807) is 0 Å². The highest BCUT2D eigenvalue weighted by Gasteiger charge is 2.36. The summed E-state index contributed by atoms with van der Waals surface area (Å²) in [5.41, 5.74) is 0. The summed E-state index contributed by atoms with van der Waals surface area (Å²) in [6.45, 7) is 9.02. The van der Waals surface area contributed by atoms with Crippen molar-refractivity contribution in [2.45, 2.75) is 64.5 Å². The van der Waals surface area contributed by atoms with E-state index in [1.165, 1.54) is 27.7 Å². The van der Waals surface area contributed by atoms with Crippen molar-refractivity contribution in [2.24, 2.45) is 0 Å². The van der Waals surface area contributed by atoms with Crippen LogP contribution in [0.3, 0.4) is 0 Å². The fourth-order valence-corrected chi connectivity index (χ4v) is 5.13. The predicted octanol–water partition coefficient (Wildman–Crippen LogP) is 2.75. The number of aryl methyl sites for hydroxylation is 2. The van der Waals surface area contributed by atoms with Crippen LogP contribution >= 0.6 is 23.5 Å². The van der Waals surface area contributed by atoms with Crippen LogP contribution < -0.4 is 17.0 Å². The van der Waals surface area contributed by atoms with E-state index >= 15 is 0 Å². The highest BCUT2D eigenvalue weighted by atomic mass is 32.2. The fourth-order valence-electron chi connectivity index (χ4n) is 3.78. The van der Waals surface area contributed by atoms with Crippen LogP contribution in [0.2, 0.25) is 0 Å². The van der Waals surface area contributed by atoms with Gasteiger partial charge in [0, 0.05) is 18.8 Å². The zero-order chi connectivity index (χ0) is 33.0. The Labute approximate surface area is 265 Å². The van der Waals surface area contributed by atoms with Gasteiger partial charge in [0.1, 0.15) is 6.04 Å². The SMILES string of the molecule is Cc1oc(=O)oc1COC(=O)SC[C@H](NC(=O)C(C)(C)SC(=O)OCc1oc(=O)oc1C)C(=O)OCCCCN1CCOCC1. The first-order chi connectivity index (χ1) is 21.3. The summed E-state index contributed by atoms with van der Waals surface area (Å²) in [5.74, 6) is -3.25. The number of carbonyl (C=O) groups is 4. The third-order valence-corrected chi connectivity index (χ3v) is 8.21. The van der Waals surface area contributed by atoms with E-state index in [4.69, 9.17) is 36.6 Å². The number of thioether (sulfide) groups is 2. The lowest BCUT2D eigenvalue weighted by Gasteiger charge is -2.26. The molecule has 2 aromatic rings. The molecule has 250 valence electrons. The summed E-state index contributed by atoms with van der Waals surface area (Å²) in [5, 5.41) is 0.879. The molecule has 0 aliphatic carbocycles. The molecule has 3 heterocycles. The molecule has 45 heavy (non-hydrogen) atoms. The molecule has 0 spiro atoms. The van der Waals surface area contributed by atoms with Gasteiger partial charge in [-0.15, -0.1) is 0 Å². The van der Waals surface area contributed by atoms with Gasteiger partial charge in [-0.2, -0.15) is 0 Å². The van der Waals surface area contributed by atoms with Crippen molar-refractivity contribution >= 4 is 46.0 Å². The lowest BCUT2D eigenvalue weighted by molar-refractivity contribution is -0.147. The summed E-state index contributed by atoms with van der Waals surface area (Å²) in [4.78, 5) is 75.6. The lowest BCUT2D eigenvalue weighted by Crippen LogP contribution is -2.50. The molecule has 1 N–H and O–H groups in total. The molecule has 1 aliphatic rings. The standard InChI is InChI=1S/C27H36N2O14S2/c1-16-19(42-23(32)40-16)13-38-25(34)44-15-18(21(30)37-10-6-5-7-29-8-11-36-12-9-29)28-22(31)27(3,4)45-26(35)39-14-20-17(2)41-24(33)43-20/h18H,5-15H2,1-4H3,(H,28,31)/t18-/m0/s1. The second-order valence-corrected chi connectivity index (χ2v) is 12.7. The maximum Gasteiger partial charge on any atom is 0.519 e. The molecule has 1 saturated heterocycles. The van der Waals surface area contributed by atoms with Crippen LogP contribution in [-0.4, -0.2) is 83.4 Å². The molecular weight excluding hydrogens is 640 g/mol. The molecular formula is C27H36N2O14S2. The first-order valence-corrected chi connectivity index (χ1v) is 15.8. The molecule has 0 unspecified atom stereocenters. The number of nitrogens with zero attached hydrogens (tertiary/aromatic N) is 1. The minimum Gasteiger partial charge on any atom is -0.464 e. The van der Waals surface area contributed by atoms with E-state index in [2.05, 4.69) is 10.2 Å². The van der Waals surface area contributed by atoms with Crippen molar-refractivity contribution in [3.05, 3.63) is 44.3 Å². The van der Waals surface area contributed by atoms with Crippen molar-refractivity contribution in [3.63, 3.8) is 0 Å². The van der Waals surface area contributed by atoms with Crippen molar-refractivity contribution in [2.75, 3.05) is 45.2 Å². The Kier molecular flexibility index (Phi) is 13.8. The average molecular weight is 677 g/mol. The maximum absolute atomic E-state index is 13.2. The topological polar surface area (TPSA) is 207 Å². The molecule has 2 aromatic heterocycles. The molecule has 0 aromatic carbocycles. The number of unbranched alkanes of at least 4 members (excludes halogenated alkanes) is 1. The Morgan fingerprint density at radius 1 is 0.867 bits per heavy atom. The van der Waals surface area contributed by atoms with Gasteiger partial charge in [-0.05, 0) is 70.6 Å². The Morgan fingerprint density at radius 2 is 1.44 bits per heavy atom. The second kappa shape index (κ2) is 17.3. The summed E-state index contributed by atoms with van der Waals surface area (Å²) >= 11 is 1.13. The summed E-state index contributed by atoms with van der Waals surface area (Å²) < 4.78 is 38.5. The number of amides is 1. The highest BCUT2D eigenvalue weighted by Crippen LogP contribution is 2.28. The summed E-state index contributed by atoms with van der Waals surface area (Å²) in [7, 11) is 0. The van der Waals surface area contributed by atoms with Gasteiger partial charge in [-0.1, -0.05) is 0 Å². The molecule has 1 amide bonds. The number of esters is 1. The van der Waals surface area contributed by atoms with Crippen LogP contribution in [0.5, 0.6) is 0 Å². The highest BCUT2D eigenvalue weighted by molar-refractivity contribution is 8.15. The van der Waals surface area contributed by atoms with Gasteiger partial charge in [0.2, 0.25) is 5.91 Å². The van der Waals surface area contributed by atoms with Crippen LogP contribution in [0, 0.1) is 13.8 Å². The summed E-state index contributed by atoms with van der Waals surface area (Å²) in [6.07, 6.45) is 1.36. The molecule has 16 nitrogen and oxygen atoms in total. The van der Waals surface area contributed by atoms with E-state index in [0.717, 1.165) is 26.1 Å². The van der Waals surface area contributed by atoms with Gasteiger partial charge in [0.05, 0.1) is 24.6 Å². The van der Waals surface area contributed by atoms with Gasteiger partial charge in [0.25, 0.3) is 0 Å². The van der Waals surface area contributed by atoms with Crippen LogP contribution in [0.15, 0.2) is 27.3 Å². The quantitative estimate of drug-likeness (QED) is 0.163. The molecule has 18 heteroatoms. The van der Waals surface area contributed by atoms with Gasteiger partial charge in [0.15, 0.2) is 36.3 Å². The van der Waals surface area contributed by atoms with Crippen molar-refractivity contribution in [3.8, 4) is 0 Å². The molecule has 1 aliphatic heterocycles. The maximum atomic E-state index is 13.2. The zero-order valence-electron chi connectivity index (χ0n) is 25.3. The van der Waals surface area contributed by atoms with Gasteiger partial charge >= 0.3 is 28.2 Å². The normalized spacial score (nSPS) is 14.5. The Morgan fingerprint density at radius 3 is 2.00 bits per heavy atom. The Bertz CT molecular complexity index is 1420. The number of hydrogen-bond donors (Lipinski definition) is 1. The van der Waals surface area contributed by atoms with Crippen LogP contribution in [0.25, 0.3) is 0 Å². The first kappa shape index (κ1) is 36.0. The molecule has 1 fully saturated rings. The van der Waals surface area contributed by atoms with E-state index in [9.17, 15) is 28.8 Å². The lowest BCUT2D eigenvalue weighted by atomic mass is 10.2. The molecule has 0 saturated carbocycles. The van der Waals surface area contributed by atoms with Gasteiger partial charge in [-0.3, -0.25) is 9.69 Å². The number of carbonyl (C=O) groups excluding carboxylic acids is 4. The second-order valence-electron chi connectivity index (χ2n) is 10.2. The van der Waals surface area contributed by atoms with Crippen LogP contribution in [0.1, 0.15) is 49.7 Å². The number of rotatable bonds is 15. The molecule has 1 atom stereocenters. The molecule has 3 rings (SSSR count). The Hall–Kier alpha value is -3.48. The predicted molar refractivity (Wildman–Crippen MR) is 158 cm³/mol. The first-order valence-electron chi connectivity index (χ1n) is 14.0. The van der Waals surface area contributed by atoms with Gasteiger partial charge in [-0.25, -0.2) is 24.0 Å². The van der Waals surface area contributed by atoms with Crippen LogP contribution in [0.4, 0.5) is 9.59 Å². The van der Waals surface area contributed by atoms with Gasteiger partial charge < -0.3 is 41.9 Å². The zero-order valence-corrected chi connectivity index (χ0v) is 27.0. The van der Waals surface area contributed by atoms with E-state index in [-0.39, 0.29) is 48.6 Å².